The summed E-state index contributed by atoms with van der Waals surface area (Å²) < 4.78 is 8.13. The molecular weight excluding hydrogens is 278 g/mol. The third-order valence-corrected chi connectivity index (χ3v) is 3.30. The van der Waals surface area contributed by atoms with Gasteiger partial charge >= 0.3 is 5.97 Å². The fraction of sp³-hybridized carbons (Fsp3) is 0.300. The van der Waals surface area contributed by atoms with Crippen LogP contribution in [-0.2, 0) is 4.79 Å². The molecule has 3 N–H and O–H groups in total. The molecule has 0 amide bonds. The van der Waals surface area contributed by atoms with Crippen molar-refractivity contribution in [1.29, 1.82) is 0 Å². The maximum Gasteiger partial charge on any atom is 0.337 e. The number of anilines is 1. The van der Waals surface area contributed by atoms with Crippen LogP contribution in [0.25, 0.3) is 11.0 Å². The van der Waals surface area contributed by atoms with Crippen LogP contribution in [-0.4, -0.2) is 37.1 Å². The SMILES string of the molecule is CC(O)(CNc1c(Cl)ccc2nsnc12)C(=O)O. The Balaban J connectivity index is 2.29. The molecule has 18 heavy (non-hydrogen) atoms. The van der Waals surface area contributed by atoms with Crippen molar-refractivity contribution in [2.45, 2.75) is 12.5 Å². The second-order valence-electron chi connectivity index (χ2n) is 3.99. The molecule has 96 valence electrons. The Kier molecular flexibility index (Phi) is 3.38. The Bertz CT molecular complexity index is 599. The summed E-state index contributed by atoms with van der Waals surface area (Å²) in [6.45, 7) is 1.02. The van der Waals surface area contributed by atoms with Crippen LogP contribution in [0.3, 0.4) is 0 Å². The first kappa shape index (κ1) is 13.0. The zero-order valence-electron chi connectivity index (χ0n) is 9.35. The fourth-order valence-electron chi connectivity index (χ4n) is 1.33. The topological polar surface area (TPSA) is 95.3 Å². The molecule has 1 unspecified atom stereocenters. The largest absolute Gasteiger partial charge is 0.479 e. The Labute approximate surface area is 112 Å². The standard InChI is InChI=1S/C10H10ClN3O3S/c1-10(17,9(15)16)4-12-7-5(11)2-3-6-8(7)14-18-13-6/h2-3,12,17H,4H2,1H3,(H,15,16). The average Bonchev–Trinajstić information content (AvgIpc) is 2.75. The number of benzene rings is 1. The third kappa shape index (κ3) is 2.38. The Morgan fingerprint density at radius 3 is 2.94 bits per heavy atom. The van der Waals surface area contributed by atoms with Crippen LogP contribution in [0.5, 0.6) is 0 Å². The summed E-state index contributed by atoms with van der Waals surface area (Å²) >= 11 is 7.05. The van der Waals surface area contributed by atoms with Gasteiger partial charge in [-0.05, 0) is 19.1 Å². The van der Waals surface area contributed by atoms with Gasteiger partial charge < -0.3 is 15.5 Å². The zero-order chi connectivity index (χ0) is 13.3. The number of nitrogens with zero attached hydrogens (tertiary/aromatic N) is 2. The number of aliphatic carboxylic acids is 1. The van der Waals surface area contributed by atoms with Crippen molar-refractivity contribution in [3.63, 3.8) is 0 Å². The molecule has 2 rings (SSSR count). The number of carbonyl (C=O) groups is 1. The lowest BCUT2D eigenvalue weighted by Crippen LogP contribution is -2.41. The van der Waals surface area contributed by atoms with Gasteiger partial charge in [0.2, 0.25) is 0 Å². The van der Waals surface area contributed by atoms with Gasteiger partial charge in [-0.15, -0.1) is 0 Å². The third-order valence-electron chi connectivity index (χ3n) is 2.45. The number of aromatic nitrogens is 2. The van der Waals surface area contributed by atoms with E-state index in [0.717, 1.165) is 11.7 Å². The minimum Gasteiger partial charge on any atom is -0.479 e. The molecule has 6 nitrogen and oxygen atoms in total. The maximum absolute atomic E-state index is 10.8. The summed E-state index contributed by atoms with van der Waals surface area (Å²) in [7, 11) is 0. The van der Waals surface area contributed by atoms with Gasteiger partial charge in [0.15, 0.2) is 5.60 Å². The number of halogens is 1. The monoisotopic (exact) mass is 287 g/mol. The van der Waals surface area contributed by atoms with Crippen LogP contribution < -0.4 is 5.32 Å². The highest BCUT2D eigenvalue weighted by atomic mass is 35.5. The Hall–Kier alpha value is -1.44. The van der Waals surface area contributed by atoms with E-state index < -0.39 is 11.6 Å². The number of hydrogen-bond acceptors (Lipinski definition) is 6. The number of fused-ring (bicyclic) bond motifs is 1. The van der Waals surface area contributed by atoms with E-state index in [0.29, 0.717) is 21.7 Å². The van der Waals surface area contributed by atoms with Gasteiger partial charge in [0.05, 0.1) is 29.0 Å². The summed E-state index contributed by atoms with van der Waals surface area (Å²) in [4.78, 5) is 10.8. The molecule has 0 aliphatic rings. The quantitative estimate of drug-likeness (QED) is 0.790. The van der Waals surface area contributed by atoms with Crippen molar-refractivity contribution in [2.75, 3.05) is 11.9 Å². The van der Waals surface area contributed by atoms with Crippen molar-refractivity contribution < 1.29 is 15.0 Å². The molecule has 0 fully saturated rings. The molecule has 0 bridgehead atoms. The Morgan fingerprint density at radius 2 is 2.28 bits per heavy atom. The van der Waals surface area contributed by atoms with E-state index in [9.17, 15) is 9.90 Å². The molecule has 0 radical (unpaired) electrons. The highest BCUT2D eigenvalue weighted by molar-refractivity contribution is 7.00. The normalized spacial score (nSPS) is 14.4. The summed E-state index contributed by atoms with van der Waals surface area (Å²) in [6.07, 6.45) is 0. The van der Waals surface area contributed by atoms with Crippen molar-refractivity contribution in [1.82, 2.24) is 8.75 Å². The van der Waals surface area contributed by atoms with Gasteiger partial charge in [-0.3, -0.25) is 0 Å². The number of carboxylic acids is 1. The lowest BCUT2D eigenvalue weighted by molar-refractivity contribution is -0.155. The smallest absolute Gasteiger partial charge is 0.337 e. The molecule has 1 atom stereocenters. The highest BCUT2D eigenvalue weighted by Crippen LogP contribution is 2.30. The first-order valence-corrected chi connectivity index (χ1v) is 6.13. The summed E-state index contributed by atoms with van der Waals surface area (Å²) in [6, 6.07) is 3.37. The average molecular weight is 288 g/mol. The van der Waals surface area contributed by atoms with Gasteiger partial charge in [-0.1, -0.05) is 11.6 Å². The molecule has 0 aliphatic heterocycles. The molecule has 1 aromatic carbocycles. The van der Waals surface area contributed by atoms with Gasteiger partial charge in [0, 0.05) is 0 Å². The van der Waals surface area contributed by atoms with Crippen LogP contribution in [0.15, 0.2) is 12.1 Å². The minimum atomic E-state index is -1.88. The van der Waals surface area contributed by atoms with Gasteiger partial charge in [0.1, 0.15) is 11.0 Å². The van der Waals surface area contributed by atoms with E-state index in [-0.39, 0.29) is 6.54 Å². The molecule has 0 saturated heterocycles. The lowest BCUT2D eigenvalue weighted by atomic mass is 10.1. The van der Waals surface area contributed by atoms with Crippen LogP contribution in [0.2, 0.25) is 5.02 Å². The number of hydrogen-bond donors (Lipinski definition) is 3. The lowest BCUT2D eigenvalue weighted by Gasteiger charge is -2.19. The number of aliphatic hydroxyl groups is 1. The van der Waals surface area contributed by atoms with Crippen molar-refractivity contribution in [3.05, 3.63) is 17.2 Å². The van der Waals surface area contributed by atoms with Crippen molar-refractivity contribution in [2.24, 2.45) is 0 Å². The van der Waals surface area contributed by atoms with Gasteiger partial charge in [-0.2, -0.15) is 8.75 Å². The maximum atomic E-state index is 10.8. The van der Waals surface area contributed by atoms with E-state index in [1.807, 2.05) is 0 Å². The number of nitrogens with one attached hydrogen (secondary N) is 1. The second-order valence-corrected chi connectivity index (χ2v) is 4.92. The van der Waals surface area contributed by atoms with Crippen LogP contribution in [0.1, 0.15) is 6.92 Å². The zero-order valence-corrected chi connectivity index (χ0v) is 10.9. The van der Waals surface area contributed by atoms with E-state index in [1.165, 1.54) is 6.92 Å². The summed E-state index contributed by atoms with van der Waals surface area (Å²) in [5, 5.41) is 21.6. The van der Waals surface area contributed by atoms with E-state index >= 15 is 0 Å². The van der Waals surface area contributed by atoms with Crippen LogP contribution >= 0.6 is 23.3 Å². The summed E-state index contributed by atoms with van der Waals surface area (Å²) in [5.41, 5.74) is -0.172. The molecule has 0 aliphatic carbocycles. The van der Waals surface area contributed by atoms with Crippen LogP contribution in [0, 0.1) is 0 Å². The molecule has 0 saturated carbocycles. The molecule has 2 aromatic rings. The fourth-order valence-corrected chi connectivity index (χ4v) is 2.09. The van der Waals surface area contributed by atoms with Crippen LogP contribution in [0.4, 0.5) is 5.69 Å². The first-order chi connectivity index (χ1) is 8.42. The van der Waals surface area contributed by atoms with E-state index in [1.54, 1.807) is 12.1 Å². The minimum absolute atomic E-state index is 0.182. The second kappa shape index (κ2) is 4.68. The van der Waals surface area contributed by atoms with E-state index in [2.05, 4.69) is 14.1 Å². The Morgan fingerprint density at radius 1 is 1.56 bits per heavy atom. The predicted octanol–water partition coefficient (Wildman–Crippen LogP) is 1.59. The van der Waals surface area contributed by atoms with Gasteiger partial charge in [0.25, 0.3) is 0 Å². The van der Waals surface area contributed by atoms with Gasteiger partial charge in [-0.25, -0.2) is 4.79 Å². The summed E-state index contributed by atoms with van der Waals surface area (Å²) in [5.74, 6) is -1.31. The highest BCUT2D eigenvalue weighted by Gasteiger charge is 2.30. The first-order valence-electron chi connectivity index (χ1n) is 5.02. The molecule has 8 heteroatoms. The van der Waals surface area contributed by atoms with Crippen molar-refractivity contribution in [3.8, 4) is 0 Å². The molecule has 1 aromatic heterocycles. The van der Waals surface area contributed by atoms with Crippen molar-refractivity contribution >= 4 is 46.0 Å². The predicted molar refractivity (Wildman–Crippen MR) is 69.2 cm³/mol. The molecule has 0 spiro atoms. The molecular formula is C10H10ClN3O3S. The number of carboxylic acid groups (broad SMARTS) is 1. The number of rotatable bonds is 4. The molecule has 1 heterocycles. The van der Waals surface area contributed by atoms with E-state index in [4.69, 9.17) is 16.7 Å².